The number of hydrogen-bond donors (Lipinski definition) is 0. The molecule has 0 bridgehead atoms. The molecule has 0 N–H and O–H groups in total. The van der Waals surface area contributed by atoms with E-state index in [1.165, 1.54) is 27.5 Å². The summed E-state index contributed by atoms with van der Waals surface area (Å²) < 4.78 is 5.52. The molecule has 0 saturated heterocycles. The first kappa shape index (κ1) is 20.8. The molecular formula is C20H15Cl2OZr. The van der Waals surface area contributed by atoms with Crippen LogP contribution in [0.5, 0.6) is 0 Å². The van der Waals surface area contributed by atoms with Crippen molar-refractivity contribution in [2.75, 3.05) is 0 Å². The summed E-state index contributed by atoms with van der Waals surface area (Å²) in [5.41, 5.74) is 5.01. The maximum atomic E-state index is 5.52. The van der Waals surface area contributed by atoms with Gasteiger partial charge in [0, 0.05) is 0 Å². The van der Waals surface area contributed by atoms with Gasteiger partial charge < -0.3 is 29.2 Å². The summed E-state index contributed by atoms with van der Waals surface area (Å²) >= 11 is 0. The molecule has 0 aliphatic rings. The van der Waals surface area contributed by atoms with Crippen LogP contribution in [0.1, 0.15) is 5.56 Å². The van der Waals surface area contributed by atoms with Crippen molar-refractivity contribution in [3.63, 3.8) is 0 Å². The van der Waals surface area contributed by atoms with Gasteiger partial charge in [0.05, 0.1) is 12.0 Å². The summed E-state index contributed by atoms with van der Waals surface area (Å²) in [5, 5.41) is 2.54. The van der Waals surface area contributed by atoms with Gasteiger partial charge in [-0.3, -0.25) is 0 Å². The Labute approximate surface area is 173 Å². The molecule has 1 aromatic heterocycles. The van der Waals surface area contributed by atoms with Gasteiger partial charge in [0.2, 0.25) is 0 Å². The molecule has 1 nitrogen and oxygen atoms in total. The van der Waals surface area contributed by atoms with E-state index in [0.717, 1.165) is 11.3 Å². The van der Waals surface area contributed by atoms with Crippen LogP contribution < -0.4 is 24.8 Å². The van der Waals surface area contributed by atoms with Crippen LogP contribution in [0, 0.1) is 6.92 Å². The van der Waals surface area contributed by atoms with Gasteiger partial charge in [0.15, 0.2) is 0 Å². The van der Waals surface area contributed by atoms with Crippen LogP contribution >= 0.6 is 0 Å². The largest absolute Gasteiger partial charge is 3.00 e. The number of halogens is 2. The molecule has 0 fully saturated rings. The normalized spacial score (nSPS) is 9.71. The number of aryl methyl sites for hydroxylation is 1. The molecular weight excluding hydrogens is 418 g/mol. The van der Waals surface area contributed by atoms with E-state index in [0.29, 0.717) is 0 Å². The van der Waals surface area contributed by atoms with Crippen molar-refractivity contribution in [3.8, 4) is 22.5 Å². The molecule has 119 valence electrons. The molecule has 4 aromatic rings. The third kappa shape index (κ3) is 3.72. The van der Waals surface area contributed by atoms with E-state index in [-0.39, 0.29) is 51.0 Å². The van der Waals surface area contributed by atoms with Gasteiger partial charge in [-0.25, -0.2) is 0 Å². The zero-order chi connectivity index (χ0) is 14.2. The van der Waals surface area contributed by atoms with Crippen LogP contribution in [0.4, 0.5) is 0 Å². The summed E-state index contributed by atoms with van der Waals surface area (Å²) in [6, 6.07) is 23.3. The van der Waals surface area contributed by atoms with Gasteiger partial charge in [0.1, 0.15) is 0 Å². The van der Waals surface area contributed by atoms with Crippen molar-refractivity contribution in [3.05, 3.63) is 78.6 Å². The van der Waals surface area contributed by atoms with E-state index in [4.69, 9.17) is 4.42 Å². The topological polar surface area (TPSA) is 13.1 Å². The molecule has 3 aromatic carbocycles. The van der Waals surface area contributed by atoms with E-state index in [2.05, 4.69) is 61.5 Å². The Morgan fingerprint density at radius 1 is 0.875 bits per heavy atom. The average molecular weight is 433 g/mol. The fraction of sp³-hybridized carbons (Fsp3) is 0.0500. The van der Waals surface area contributed by atoms with Crippen molar-refractivity contribution in [1.29, 1.82) is 0 Å². The summed E-state index contributed by atoms with van der Waals surface area (Å²) in [7, 11) is 0. The number of hydrogen-bond acceptors (Lipinski definition) is 1. The van der Waals surface area contributed by atoms with E-state index in [1.54, 1.807) is 6.26 Å². The minimum atomic E-state index is 0. The Balaban J connectivity index is 0.000000960. The van der Waals surface area contributed by atoms with E-state index < -0.39 is 0 Å². The van der Waals surface area contributed by atoms with Crippen molar-refractivity contribution >= 4 is 10.8 Å². The molecule has 0 atom stereocenters. The first-order chi connectivity index (χ1) is 10.3. The number of furan rings is 1. The van der Waals surface area contributed by atoms with E-state index in [9.17, 15) is 0 Å². The van der Waals surface area contributed by atoms with Gasteiger partial charge in [-0.2, -0.15) is 0 Å². The van der Waals surface area contributed by atoms with Gasteiger partial charge >= 0.3 is 26.2 Å². The molecule has 1 radical (unpaired) electrons. The van der Waals surface area contributed by atoms with E-state index in [1.807, 2.05) is 12.1 Å². The van der Waals surface area contributed by atoms with Crippen LogP contribution in [0.3, 0.4) is 0 Å². The SMILES string of the molecule is Cc1ccc2[cH-]c(-c3ccco3)cc2c1-c1ccccc1.[Cl-].[Cl-].[Zr+3]. The van der Waals surface area contributed by atoms with Crippen LogP contribution in [-0.2, 0) is 26.2 Å². The molecule has 4 heteroatoms. The third-order valence-corrected chi connectivity index (χ3v) is 3.97. The molecule has 1 heterocycles. The average Bonchev–Trinajstić information content (AvgIpc) is 3.17. The van der Waals surface area contributed by atoms with Gasteiger partial charge in [-0.15, -0.1) is 29.0 Å². The Bertz CT molecular complexity index is 896. The maximum Gasteiger partial charge on any atom is 3.00 e. The summed E-state index contributed by atoms with van der Waals surface area (Å²) in [6.45, 7) is 2.17. The van der Waals surface area contributed by atoms with Crippen molar-refractivity contribution in [2.45, 2.75) is 6.92 Å². The van der Waals surface area contributed by atoms with Crippen LogP contribution in [0.25, 0.3) is 33.2 Å². The quantitative estimate of drug-likeness (QED) is 0.399. The second kappa shape index (κ2) is 8.76. The second-order valence-corrected chi connectivity index (χ2v) is 5.35. The first-order valence-electron chi connectivity index (χ1n) is 7.12. The Hall–Kier alpha value is -1.21. The van der Waals surface area contributed by atoms with Crippen LogP contribution in [0.15, 0.2) is 77.4 Å². The van der Waals surface area contributed by atoms with Gasteiger partial charge in [0.25, 0.3) is 0 Å². The Morgan fingerprint density at radius 3 is 2.29 bits per heavy atom. The fourth-order valence-electron chi connectivity index (χ4n) is 2.96. The monoisotopic (exact) mass is 431 g/mol. The summed E-state index contributed by atoms with van der Waals surface area (Å²) in [5.74, 6) is 0.919. The molecule has 0 aliphatic heterocycles. The minimum absolute atomic E-state index is 0. The summed E-state index contributed by atoms with van der Waals surface area (Å²) in [4.78, 5) is 0. The smallest absolute Gasteiger partial charge is 1.00 e. The Morgan fingerprint density at radius 2 is 1.62 bits per heavy atom. The van der Waals surface area contributed by atoms with Crippen molar-refractivity contribution in [2.24, 2.45) is 0 Å². The van der Waals surface area contributed by atoms with Crippen molar-refractivity contribution in [1.82, 2.24) is 0 Å². The minimum Gasteiger partial charge on any atom is -1.00 e. The molecule has 0 aliphatic carbocycles. The predicted octanol–water partition coefficient (Wildman–Crippen LogP) is -0.200. The molecule has 0 spiro atoms. The zero-order valence-corrected chi connectivity index (χ0v) is 17.1. The molecule has 24 heavy (non-hydrogen) atoms. The molecule has 4 rings (SSSR count). The van der Waals surface area contributed by atoms with Crippen LogP contribution in [-0.4, -0.2) is 0 Å². The second-order valence-electron chi connectivity index (χ2n) is 5.35. The van der Waals surface area contributed by atoms with E-state index >= 15 is 0 Å². The molecule has 0 amide bonds. The summed E-state index contributed by atoms with van der Waals surface area (Å²) in [6.07, 6.45) is 1.72. The number of benzene rings is 2. The number of rotatable bonds is 2. The zero-order valence-electron chi connectivity index (χ0n) is 13.1. The standard InChI is InChI=1S/C20H15O.2ClH.Zr/c1-14-9-10-16-12-17(19-8-5-11-21-19)13-18(16)20(14)15-6-3-2-4-7-15;;;/h2-13H,1H3;2*1H;/q-1;;;+3/p-2. The molecule has 0 saturated carbocycles. The van der Waals surface area contributed by atoms with Crippen molar-refractivity contribution < 1.29 is 55.4 Å². The van der Waals surface area contributed by atoms with Gasteiger partial charge in [-0.05, 0) is 24.1 Å². The predicted molar refractivity (Wildman–Crippen MR) is 87.4 cm³/mol. The fourth-order valence-corrected chi connectivity index (χ4v) is 2.96. The maximum absolute atomic E-state index is 5.52. The third-order valence-electron chi connectivity index (χ3n) is 3.97. The first-order valence-corrected chi connectivity index (χ1v) is 7.12. The number of fused-ring (bicyclic) bond motifs is 1. The molecule has 0 unspecified atom stereocenters. The van der Waals surface area contributed by atoms with Gasteiger partial charge in [-0.1, -0.05) is 53.6 Å². The van der Waals surface area contributed by atoms with Crippen LogP contribution in [0.2, 0.25) is 0 Å². The Kier molecular flexibility index (Phi) is 7.61.